The molecule has 0 aromatic heterocycles. The number of benzene rings is 1. The highest BCUT2D eigenvalue weighted by molar-refractivity contribution is 6.05. The summed E-state index contributed by atoms with van der Waals surface area (Å²) >= 11 is 0. The molecule has 2 aliphatic rings. The minimum atomic E-state index is -0.957. The molecule has 0 radical (unpaired) electrons. The third kappa shape index (κ3) is 4.17. The molecule has 1 atom stereocenters. The van der Waals surface area contributed by atoms with Gasteiger partial charge in [-0.15, -0.1) is 0 Å². The van der Waals surface area contributed by atoms with Gasteiger partial charge in [0.2, 0.25) is 0 Å². The molecule has 26 heavy (non-hydrogen) atoms. The number of aliphatic imine (C=N–C) groups is 2. The van der Waals surface area contributed by atoms with Crippen molar-refractivity contribution in [2.75, 3.05) is 26.3 Å². The first-order chi connectivity index (χ1) is 12.7. The van der Waals surface area contributed by atoms with Crippen LogP contribution >= 0.6 is 0 Å². The molecule has 3 rings (SSSR count). The second-order valence-electron chi connectivity index (χ2n) is 6.27. The zero-order valence-corrected chi connectivity index (χ0v) is 14.6. The molecular formula is C19H24N4O3. The number of rotatable bonds is 8. The van der Waals surface area contributed by atoms with Crippen LogP contribution in [0.4, 0.5) is 5.69 Å². The summed E-state index contributed by atoms with van der Waals surface area (Å²) in [6.07, 6.45) is 6.43. The lowest BCUT2D eigenvalue weighted by molar-refractivity contribution is 0.0697. The number of unbranched alkanes of at least 4 members (excludes halogenated alkanes) is 1. The van der Waals surface area contributed by atoms with Crippen molar-refractivity contribution in [3.8, 4) is 0 Å². The predicted octanol–water partition coefficient (Wildman–Crippen LogP) is 2.21. The lowest BCUT2D eigenvalue weighted by atomic mass is 9.85. The van der Waals surface area contributed by atoms with Gasteiger partial charge in [-0.3, -0.25) is 4.99 Å². The number of hydrogen-bond acceptors (Lipinski definition) is 6. The molecule has 4 N–H and O–H groups in total. The van der Waals surface area contributed by atoms with Crippen LogP contribution < -0.4 is 11.1 Å². The first-order valence-electron chi connectivity index (χ1n) is 8.90. The number of carboxylic acid groups (broad SMARTS) is 1. The van der Waals surface area contributed by atoms with Crippen LogP contribution in [-0.2, 0) is 4.74 Å². The molecule has 0 bridgehead atoms. The van der Waals surface area contributed by atoms with E-state index in [1.807, 2.05) is 18.5 Å². The molecule has 1 unspecified atom stereocenters. The average molecular weight is 356 g/mol. The molecule has 7 heteroatoms. The Morgan fingerprint density at radius 2 is 2.23 bits per heavy atom. The quantitative estimate of drug-likeness (QED) is 0.619. The van der Waals surface area contributed by atoms with Crippen LogP contribution in [0.25, 0.3) is 5.57 Å². The Hall–Kier alpha value is -2.51. The second kappa shape index (κ2) is 8.73. The molecule has 0 saturated carbocycles. The highest BCUT2D eigenvalue weighted by Crippen LogP contribution is 2.39. The van der Waals surface area contributed by atoms with Gasteiger partial charge in [0.25, 0.3) is 0 Å². The van der Waals surface area contributed by atoms with E-state index < -0.39 is 5.97 Å². The van der Waals surface area contributed by atoms with E-state index in [9.17, 15) is 9.90 Å². The molecule has 7 nitrogen and oxygen atoms in total. The minimum absolute atomic E-state index is 0.118. The molecule has 0 aliphatic carbocycles. The molecule has 0 amide bonds. The van der Waals surface area contributed by atoms with Crippen LogP contribution in [-0.4, -0.2) is 49.4 Å². The van der Waals surface area contributed by atoms with E-state index in [-0.39, 0.29) is 11.5 Å². The van der Waals surface area contributed by atoms with Gasteiger partial charge in [-0.05, 0) is 43.5 Å². The van der Waals surface area contributed by atoms with Crippen molar-refractivity contribution in [3.05, 3.63) is 35.5 Å². The zero-order valence-electron chi connectivity index (χ0n) is 14.6. The van der Waals surface area contributed by atoms with E-state index in [0.29, 0.717) is 32.0 Å². The van der Waals surface area contributed by atoms with Crippen molar-refractivity contribution in [2.24, 2.45) is 21.6 Å². The van der Waals surface area contributed by atoms with Crippen LogP contribution in [0.5, 0.6) is 0 Å². The number of aromatic carboxylic acids is 1. The zero-order chi connectivity index (χ0) is 18.4. The predicted molar refractivity (Wildman–Crippen MR) is 102 cm³/mol. The largest absolute Gasteiger partial charge is 0.478 e. The molecule has 1 aromatic rings. The standard InChI is InChI=1S/C19H24N4O3/c20-6-1-2-9-26-10-8-22-18-15-5-7-21-12-16(15)14-4-3-13(19(24)25)11-17(14)23-18/h3-4,7,11-12,15H,1-2,5-6,8-10,20H2,(H,22,23)(H,24,25). The summed E-state index contributed by atoms with van der Waals surface area (Å²) < 4.78 is 5.59. The van der Waals surface area contributed by atoms with Gasteiger partial charge in [-0.25, -0.2) is 9.79 Å². The normalized spacial score (nSPS) is 17.8. The number of nitrogens with zero attached hydrogens (tertiary/aromatic N) is 2. The number of hydrogen-bond donors (Lipinski definition) is 3. The van der Waals surface area contributed by atoms with E-state index in [2.05, 4.69) is 15.3 Å². The summed E-state index contributed by atoms with van der Waals surface area (Å²) in [4.78, 5) is 20.2. The van der Waals surface area contributed by atoms with E-state index in [0.717, 1.165) is 36.2 Å². The highest BCUT2D eigenvalue weighted by Gasteiger charge is 2.29. The molecule has 2 heterocycles. The first-order valence-corrected chi connectivity index (χ1v) is 8.90. The topological polar surface area (TPSA) is 109 Å². The van der Waals surface area contributed by atoms with E-state index in [4.69, 9.17) is 10.5 Å². The third-order valence-electron chi connectivity index (χ3n) is 4.46. The fraction of sp³-hybridized carbons (Fsp3) is 0.421. The average Bonchev–Trinajstić information content (AvgIpc) is 2.66. The molecule has 138 valence electrons. The van der Waals surface area contributed by atoms with Gasteiger partial charge in [-0.2, -0.15) is 0 Å². The van der Waals surface area contributed by atoms with Crippen LogP contribution in [0.15, 0.2) is 34.4 Å². The van der Waals surface area contributed by atoms with Crippen molar-refractivity contribution >= 4 is 29.3 Å². The van der Waals surface area contributed by atoms with Crippen molar-refractivity contribution in [1.29, 1.82) is 0 Å². The van der Waals surface area contributed by atoms with Crippen molar-refractivity contribution < 1.29 is 14.6 Å². The van der Waals surface area contributed by atoms with Gasteiger partial charge < -0.3 is 20.9 Å². The second-order valence-corrected chi connectivity index (χ2v) is 6.27. The van der Waals surface area contributed by atoms with Crippen molar-refractivity contribution in [1.82, 2.24) is 5.32 Å². The number of amidine groups is 1. The first kappa shape index (κ1) is 18.3. The van der Waals surface area contributed by atoms with Crippen molar-refractivity contribution in [3.63, 3.8) is 0 Å². The van der Waals surface area contributed by atoms with Crippen LogP contribution in [0.3, 0.4) is 0 Å². The number of nitrogens with two attached hydrogens (primary N) is 1. The Kier molecular flexibility index (Phi) is 6.14. The van der Waals surface area contributed by atoms with E-state index in [1.54, 1.807) is 12.1 Å². The SMILES string of the molecule is NCCCCOCCNC1=Nc2cc(C(=O)O)ccc2C2=CN=CCC21. The monoisotopic (exact) mass is 356 g/mol. The van der Waals surface area contributed by atoms with Gasteiger partial charge in [-0.1, -0.05) is 6.07 Å². The van der Waals surface area contributed by atoms with Crippen LogP contribution in [0.1, 0.15) is 35.2 Å². The third-order valence-corrected chi connectivity index (χ3v) is 4.46. The lowest BCUT2D eigenvalue weighted by Crippen LogP contribution is -2.36. The van der Waals surface area contributed by atoms with Crippen LogP contribution in [0.2, 0.25) is 0 Å². The summed E-state index contributed by atoms with van der Waals surface area (Å²) in [7, 11) is 0. The van der Waals surface area contributed by atoms with Crippen LogP contribution in [0, 0.1) is 5.92 Å². The fourth-order valence-electron chi connectivity index (χ4n) is 3.11. The summed E-state index contributed by atoms with van der Waals surface area (Å²) in [6, 6.07) is 5.04. The number of ether oxygens (including phenoxy) is 1. The highest BCUT2D eigenvalue weighted by atomic mass is 16.5. The Morgan fingerprint density at radius 1 is 1.35 bits per heavy atom. The number of nitrogens with one attached hydrogen (secondary N) is 1. The Balaban J connectivity index is 1.70. The molecule has 2 aliphatic heterocycles. The molecule has 0 saturated heterocycles. The number of carboxylic acids is 1. The van der Waals surface area contributed by atoms with Gasteiger partial charge in [0.15, 0.2) is 0 Å². The summed E-state index contributed by atoms with van der Waals surface area (Å²) in [6.45, 7) is 2.63. The Bertz CT molecular complexity index is 755. The maximum atomic E-state index is 11.2. The van der Waals surface area contributed by atoms with Crippen molar-refractivity contribution in [2.45, 2.75) is 19.3 Å². The van der Waals surface area contributed by atoms with Gasteiger partial charge >= 0.3 is 5.97 Å². The molecule has 0 fully saturated rings. The maximum Gasteiger partial charge on any atom is 0.335 e. The smallest absolute Gasteiger partial charge is 0.335 e. The lowest BCUT2D eigenvalue weighted by Gasteiger charge is -2.29. The molecule has 1 aromatic carbocycles. The summed E-state index contributed by atoms with van der Waals surface area (Å²) in [5.41, 5.74) is 8.37. The summed E-state index contributed by atoms with van der Waals surface area (Å²) in [5, 5.41) is 12.6. The van der Waals surface area contributed by atoms with Gasteiger partial charge in [0, 0.05) is 37.0 Å². The van der Waals surface area contributed by atoms with Gasteiger partial charge in [0.05, 0.1) is 17.9 Å². The Labute approximate surface area is 152 Å². The molecular weight excluding hydrogens is 332 g/mol. The van der Waals surface area contributed by atoms with E-state index in [1.165, 1.54) is 0 Å². The summed E-state index contributed by atoms with van der Waals surface area (Å²) in [5.74, 6) is -0.00271. The number of carbonyl (C=O) groups is 1. The fourth-order valence-corrected chi connectivity index (χ4v) is 3.11. The minimum Gasteiger partial charge on any atom is -0.478 e. The molecule has 0 spiro atoms. The number of fused-ring (bicyclic) bond motifs is 3. The maximum absolute atomic E-state index is 11.2. The van der Waals surface area contributed by atoms with Gasteiger partial charge in [0.1, 0.15) is 5.84 Å². The Morgan fingerprint density at radius 3 is 3.04 bits per heavy atom. The van der Waals surface area contributed by atoms with E-state index >= 15 is 0 Å².